The SMILES string of the molecule is CC1(NS(=O)(=O)c2ccc(CCCO)cc2)CC1. The molecule has 0 radical (unpaired) electrons. The largest absolute Gasteiger partial charge is 0.396 e. The van der Waals surface area contributed by atoms with Gasteiger partial charge >= 0.3 is 0 Å². The van der Waals surface area contributed by atoms with Crippen molar-refractivity contribution < 1.29 is 13.5 Å². The summed E-state index contributed by atoms with van der Waals surface area (Å²) in [6.07, 6.45) is 3.27. The number of nitrogens with one attached hydrogen (secondary N) is 1. The van der Waals surface area contributed by atoms with Gasteiger partial charge in [-0.2, -0.15) is 0 Å². The highest BCUT2D eigenvalue weighted by atomic mass is 32.2. The highest BCUT2D eigenvalue weighted by molar-refractivity contribution is 7.89. The van der Waals surface area contributed by atoms with Gasteiger partial charge in [0.2, 0.25) is 10.0 Å². The molecule has 100 valence electrons. The lowest BCUT2D eigenvalue weighted by Crippen LogP contribution is -2.34. The van der Waals surface area contributed by atoms with E-state index < -0.39 is 10.0 Å². The van der Waals surface area contributed by atoms with Crippen molar-refractivity contribution in [3.63, 3.8) is 0 Å². The molecular weight excluding hydrogens is 250 g/mol. The molecule has 2 rings (SSSR count). The second-order valence-corrected chi connectivity index (χ2v) is 6.82. The Morgan fingerprint density at radius 2 is 1.89 bits per heavy atom. The van der Waals surface area contributed by atoms with E-state index in [-0.39, 0.29) is 12.1 Å². The molecule has 1 aromatic carbocycles. The minimum atomic E-state index is -3.39. The number of sulfonamides is 1. The molecule has 1 fully saturated rings. The minimum absolute atomic E-state index is 0.153. The van der Waals surface area contributed by atoms with Crippen molar-refractivity contribution in [2.75, 3.05) is 6.61 Å². The molecule has 0 bridgehead atoms. The summed E-state index contributed by atoms with van der Waals surface area (Å²) >= 11 is 0. The van der Waals surface area contributed by atoms with Gasteiger partial charge < -0.3 is 5.11 Å². The van der Waals surface area contributed by atoms with Crippen LogP contribution in [0.1, 0.15) is 31.7 Å². The van der Waals surface area contributed by atoms with Gasteiger partial charge in [0.05, 0.1) is 4.90 Å². The second kappa shape index (κ2) is 4.99. The first-order chi connectivity index (χ1) is 8.45. The number of hydrogen-bond acceptors (Lipinski definition) is 3. The summed E-state index contributed by atoms with van der Waals surface area (Å²) in [5, 5.41) is 8.74. The summed E-state index contributed by atoms with van der Waals surface area (Å²) in [7, 11) is -3.39. The summed E-state index contributed by atoms with van der Waals surface area (Å²) in [6, 6.07) is 6.86. The number of benzene rings is 1. The molecule has 1 aliphatic carbocycles. The summed E-state index contributed by atoms with van der Waals surface area (Å²) in [5.41, 5.74) is 0.801. The fraction of sp³-hybridized carbons (Fsp3) is 0.538. The maximum atomic E-state index is 12.1. The van der Waals surface area contributed by atoms with Crippen LogP contribution in [0.15, 0.2) is 29.2 Å². The molecule has 4 nitrogen and oxygen atoms in total. The normalized spacial score (nSPS) is 17.7. The molecule has 18 heavy (non-hydrogen) atoms. The van der Waals surface area contributed by atoms with E-state index in [1.165, 1.54) is 0 Å². The lowest BCUT2D eigenvalue weighted by Gasteiger charge is -2.12. The molecule has 0 aromatic heterocycles. The molecule has 1 aliphatic rings. The van der Waals surface area contributed by atoms with E-state index in [0.717, 1.165) is 24.8 Å². The molecule has 0 unspecified atom stereocenters. The Labute approximate surface area is 108 Å². The van der Waals surface area contributed by atoms with Gasteiger partial charge in [0.1, 0.15) is 0 Å². The summed E-state index contributed by atoms with van der Waals surface area (Å²) in [5.74, 6) is 0. The van der Waals surface area contributed by atoms with Crippen molar-refractivity contribution in [2.24, 2.45) is 0 Å². The molecule has 1 saturated carbocycles. The van der Waals surface area contributed by atoms with E-state index in [1.54, 1.807) is 24.3 Å². The van der Waals surface area contributed by atoms with Crippen LogP contribution >= 0.6 is 0 Å². The Balaban J connectivity index is 2.08. The lowest BCUT2D eigenvalue weighted by molar-refractivity contribution is 0.288. The number of hydrogen-bond donors (Lipinski definition) is 2. The monoisotopic (exact) mass is 269 g/mol. The maximum Gasteiger partial charge on any atom is 0.241 e. The number of aliphatic hydroxyl groups excluding tert-OH is 1. The van der Waals surface area contributed by atoms with Gasteiger partial charge in [-0.3, -0.25) is 0 Å². The van der Waals surface area contributed by atoms with Crippen LogP contribution in [0.4, 0.5) is 0 Å². The topological polar surface area (TPSA) is 66.4 Å². The first-order valence-electron chi connectivity index (χ1n) is 6.19. The Morgan fingerprint density at radius 3 is 2.39 bits per heavy atom. The van der Waals surface area contributed by atoms with Crippen LogP contribution in [0, 0.1) is 0 Å². The van der Waals surface area contributed by atoms with Crippen LogP contribution in [-0.2, 0) is 16.4 Å². The van der Waals surface area contributed by atoms with Crippen LogP contribution in [-0.4, -0.2) is 25.7 Å². The lowest BCUT2D eigenvalue weighted by atomic mass is 10.1. The second-order valence-electron chi connectivity index (χ2n) is 5.14. The van der Waals surface area contributed by atoms with Gasteiger partial charge in [-0.25, -0.2) is 13.1 Å². The zero-order valence-electron chi connectivity index (χ0n) is 10.5. The summed E-state index contributed by atoms with van der Waals surface area (Å²) in [6.45, 7) is 2.07. The van der Waals surface area contributed by atoms with Crippen LogP contribution in [0.3, 0.4) is 0 Å². The average Bonchev–Trinajstić information content (AvgIpc) is 3.03. The van der Waals surface area contributed by atoms with Crippen molar-refractivity contribution in [3.8, 4) is 0 Å². The predicted octanol–water partition coefficient (Wildman–Crippen LogP) is 1.44. The van der Waals surface area contributed by atoms with E-state index in [4.69, 9.17) is 5.11 Å². The Bertz CT molecular complexity index is 504. The van der Waals surface area contributed by atoms with Crippen LogP contribution < -0.4 is 4.72 Å². The Kier molecular flexibility index (Phi) is 3.75. The molecule has 0 saturated heterocycles. The highest BCUT2D eigenvalue weighted by Gasteiger charge is 2.41. The van der Waals surface area contributed by atoms with Crippen LogP contribution in [0.2, 0.25) is 0 Å². The van der Waals surface area contributed by atoms with Gasteiger partial charge in [-0.05, 0) is 50.3 Å². The van der Waals surface area contributed by atoms with Gasteiger partial charge in [0.25, 0.3) is 0 Å². The fourth-order valence-electron chi connectivity index (χ4n) is 1.79. The molecule has 5 heteroatoms. The van der Waals surface area contributed by atoms with Crippen LogP contribution in [0.5, 0.6) is 0 Å². The van der Waals surface area contributed by atoms with Crippen molar-refractivity contribution >= 4 is 10.0 Å². The minimum Gasteiger partial charge on any atom is -0.396 e. The van der Waals surface area contributed by atoms with E-state index in [0.29, 0.717) is 11.3 Å². The van der Waals surface area contributed by atoms with Gasteiger partial charge in [-0.15, -0.1) is 0 Å². The van der Waals surface area contributed by atoms with Crippen molar-refractivity contribution in [1.82, 2.24) is 4.72 Å². The Morgan fingerprint density at radius 1 is 1.28 bits per heavy atom. The maximum absolute atomic E-state index is 12.1. The third-order valence-corrected chi connectivity index (χ3v) is 4.89. The van der Waals surface area contributed by atoms with Gasteiger partial charge in [0, 0.05) is 12.1 Å². The van der Waals surface area contributed by atoms with Gasteiger partial charge in [-0.1, -0.05) is 12.1 Å². The van der Waals surface area contributed by atoms with E-state index >= 15 is 0 Å². The average molecular weight is 269 g/mol. The third-order valence-electron chi connectivity index (χ3n) is 3.24. The first kappa shape index (κ1) is 13.5. The van der Waals surface area contributed by atoms with Gasteiger partial charge in [0.15, 0.2) is 0 Å². The van der Waals surface area contributed by atoms with Crippen molar-refractivity contribution in [1.29, 1.82) is 0 Å². The predicted molar refractivity (Wildman–Crippen MR) is 69.8 cm³/mol. The van der Waals surface area contributed by atoms with E-state index in [9.17, 15) is 8.42 Å². The number of rotatable bonds is 6. The molecule has 2 N–H and O–H groups in total. The highest BCUT2D eigenvalue weighted by Crippen LogP contribution is 2.35. The molecule has 0 atom stereocenters. The van der Waals surface area contributed by atoms with Crippen LogP contribution in [0.25, 0.3) is 0 Å². The first-order valence-corrected chi connectivity index (χ1v) is 7.67. The fourth-order valence-corrected chi connectivity index (χ4v) is 3.26. The molecule has 0 spiro atoms. The quantitative estimate of drug-likeness (QED) is 0.821. The number of aryl methyl sites for hydroxylation is 1. The smallest absolute Gasteiger partial charge is 0.241 e. The third kappa shape index (κ3) is 3.31. The molecule has 1 aromatic rings. The van der Waals surface area contributed by atoms with E-state index in [1.807, 2.05) is 6.92 Å². The molecule has 0 aliphatic heterocycles. The Hall–Kier alpha value is -0.910. The number of aliphatic hydroxyl groups is 1. The van der Waals surface area contributed by atoms with E-state index in [2.05, 4.69) is 4.72 Å². The summed E-state index contributed by atoms with van der Waals surface area (Å²) < 4.78 is 26.8. The van der Waals surface area contributed by atoms with Crippen molar-refractivity contribution in [3.05, 3.63) is 29.8 Å². The summed E-state index contributed by atoms with van der Waals surface area (Å²) in [4.78, 5) is 0.309. The zero-order valence-corrected chi connectivity index (χ0v) is 11.3. The molecule has 0 heterocycles. The standard InChI is InChI=1S/C13H19NO3S/c1-13(8-9-13)14-18(16,17)12-6-4-11(5-7-12)3-2-10-15/h4-7,14-15H,2-3,8-10H2,1H3. The van der Waals surface area contributed by atoms with Crippen molar-refractivity contribution in [2.45, 2.75) is 43.0 Å². The molecular formula is C13H19NO3S. The zero-order chi connectivity index (χ0) is 13.2. The molecule has 0 amide bonds.